The van der Waals surface area contributed by atoms with Gasteiger partial charge in [-0.3, -0.25) is 9.59 Å². The highest BCUT2D eigenvalue weighted by Crippen LogP contribution is 2.39. The van der Waals surface area contributed by atoms with Gasteiger partial charge < -0.3 is 19.8 Å². The summed E-state index contributed by atoms with van der Waals surface area (Å²) in [6.07, 6.45) is 5.16. The molecule has 0 atom stereocenters. The molecule has 1 saturated carbocycles. The number of hydrogen-bond acceptors (Lipinski definition) is 5. The summed E-state index contributed by atoms with van der Waals surface area (Å²) in [7, 11) is 1.54. The summed E-state index contributed by atoms with van der Waals surface area (Å²) in [5.74, 6) is 1.36. The van der Waals surface area contributed by atoms with E-state index in [0.29, 0.717) is 45.1 Å². The highest BCUT2D eigenvalue weighted by atomic mass is 35.5. The van der Waals surface area contributed by atoms with Crippen LogP contribution < -0.4 is 15.4 Å². The zero-order valence-corrected chi connectivity index (χ0v) is 19.7. The number of halogens is 1. The van der Waals surface area contributed by atoms with Crippen LogP contribution in [0.15, 0.2) is 40.9 Å². The summed E-state index contributed by atoms with van der Waals surface area (Å²) in [5.41, 5.74) is 0.757. The molecule has 1 aliphatic carbocycles. The number of pyridine rings is 1. The molecule has 2 aromatic heterocycles. The van der Waals surface area contributed by atoms with Gasteiger partial charge in [0, 0.05) is 12.1 Å². The van der Waals surface area contributed by atoms with Gasteiger partial charge in [0.2, 0.25) is 11.7 Å². The average molecular weight is 470 g/mol. The van der Waals surface area contributed by atoms with Crippen molar-refractivity contribution in [3.63, 3.8) is 0 Å². The Morgan fingerprint density at radius 3 is 2.52 bits per heavy atom. The zero-order valence-electron chi connectivity index (χ0n) is 19.0. The topological polar surface area (TPSA) is 93.5 Å². The highest BCUT2D eigenvalue weighted by molar-refractivity contribution is 6.30. The summed E-state index contributed by atoms with van der Waals surface area (Å²) in [6, 6.07) is 8.49. The van der Waals surface area contributed by atoms with Crippen LogP contribution in [0, 0.1) is 17.8 Å². The molecule has 174 valence electrons. The van der Waals surface area contributed by atoms with Crippen LogP contribution in [0.25, 0.3) is 11.0 Å². The molecule has 0 spiro atoms. The van der Waals surface area contributed by atoms with Gasteiger partial charge in [-0.2, -0.15) is 0 Å². The quantitative estimate of drug-likeness (QED) is 0.452. The number of carbonyl (C=O) groups excluding carboxylic acids is 2. The van der Waals surface area contributed by atoms with E-state index in [4.69, 9.17) is 20.8 Å². The first-order valence-electron chi connectivity index (χ1n) is 11.2. The van der Waals surface area contributed by atoms with Crippen molar-refractivity contribution in [1.82, 2.24) is 4.98 Å². The van der Waals surface area contributed by atoms with Crippen LogP contribution in [-0.2, 0) is 4.79 Å². The Kier molecular flexibility index (Phi) is 6.88. The Morgan fingerprint density at radius 2 is 1.88 bits per heavy atom. The van der Waals surface area contributed by atoms with E-state index < -0.39 is 5.91 Å². The lowest BCUT2D eigenvalue weighted by molar-refractivity contribution is -0.121. The molecule has 0 aliphatic heterocycles. The van der Waals surface area contributed by atoms with E-state index in [9.17, 15) is 9.59 Å². The monoisotopic (exact) mass is 469 g/mol. The normalized spacial score (nSPS) is 18.3. The highest BCUT2D eigenvalue weighted by Gasteiger charge is 2.31. The van der Waals surface area contributed by atoms with Crippen molar-refractivity contribution in [1.29, 1.82) is 0 Å². The van der Waals surface area contributed by atoms with Gasteiger partial charge in [-0.25, -0.2) is 4.98 Å². The van der Waals surface area contributed by atoms with E-state index >= 15 is 0 Å². The first kappa shape index (κ1) is 23.1. The number of fused-ring (bicyclic) bond motifs is 1. The first-order valence-corrected chi connectivity index (χ1v) is 11.6. The molecule has 1 fully saturated rings. The molecule has 1 aliphatic rings. The van der Waals surface area contributed by atoms with Crippen LogP contribution in [0.4, 0.5) is 11.5 Å². The summed E-state index contributed by atoms with van der Waals surface area (Å²) in [5, 5.41) is 6.70. The van der Waals surface area contributed by atoms with Gasteiger partial charge in [-0.1, -0.05) is 31.5 Å². The van der Waals surface area contributed by atoms with Gasteiger partial charge >= 0.3 is 0 Å². The number of amides is 2. The maximum absolute atomic E-state index is 13.2. The van der Waals surface area contributed by atoms with Gasteiger partial charge in [0.25, 0.3) is 5.91 Å². The molecule has 7 nitrogen and oxygen atoms in total. The van der Waals surface area contributed by atoms with Crippen molar-refractivity contribution in [2.45, 2.75) is 39.5 Å². The number of hydrogen-bond donors (Lipinski definition) is 2. The number of rotatable bonds is 6. The molecule has 0 unspecified atom stereocenters. The smallest absolute Gasteiger partial charge is 0.294 e. The molecule has 1 aromatic carbocycles. The summed E-state index contributed by atoms with van der Waals surface area (Å²) < 4.78 is 11.4. The molecular formula is C25H28ClN3O4. The van der Waals surface area contributed by atoms with Gasteiger partial charge in [0.1, 0.15) is 22.8 Å². The fraction of sp³-hybridized carbons (Fsp3) is 0.400. The molecule has 0 bridgehead atoms. The third kappa shape index (κ3) is 4.98. The Balaban J connectivity index is 1.63. The lowest BCUT2D eigenvalue weighted by atomic mass is 9.76. The van der Waals surface area contributed by atoms with Crippen molar-refractivity contribution < 1.29 is 18.7 Å². The number of nitrogens with zero attached hydrogens (tertiary/aromatic N) is 1. The van der Waals surface area contributed by atoms with Gasteiger partial charge in [-0.15, -0.1) is 0 Å². The van der Waals surface area contributed by atoms with Crippen LogP contribution in [0.2, 0.25) is 5.02 Å². The van der Waals surface area contributed by atoms with E-state index in [0.717, 1.165) is 25.7 Å². The van der Waals surface area contributed by atoms with Crippen molar-refractivity contribution in [3.8, 4) is 5.75 Å². The van der Waals surface area contributed by atoms with Gasteiger partial charge in [0.05, 0.1) is 17.5 Å². The lowest BCUT2D eigenvalue weighted by Gasteiger charge is -2.30. The molecule has 2 N–H and O–H groups in total. The lowest BCUT2D eigenvalue weighted by Crippen LogP contribution is -2.29. The second kappa shape index (κ2) is 9.83. The van der Waals surface area contributed by atoms with E-state index in [2.05, 4.69) is 29.5 Å². The SMILES string of the molecule is COc1cccc2oc(C(=O)Nc3ccc(Cl)cn3)c(NC(=O)C3CCC(C(C)C)CC3)c12. The fourth-order valence-corrected chi connectivity index (χ4v) is 4.57. The first-order chi connectivity index (χ1) is 15.9. The Labute approximate surface area is 197 Å². The number of nitrogens with one attached hydrogen (secondary N) is 2. The maximum Gasteiger partial charge on any atom is 0.294 e. The van der Waals surface area contributed by atoms with E-state index in [1.807, 2.05) is 0 Å². The molecule has 2 heterocycles. The minimum Gasteiger partial charge on any atom is -0.496 e. The Morgan fingerprint density at radius 1 is 1.12 bits per heavy atom. The van der Waals surface area contributed by atoms with Crippen LogP contribution in [0.1, 0.15) is 50.1 Å². The number of methoxy groups -OCH3 is 1. The van der Waals surface area contributed by atoms with Crippen molar-refractivity contribution in [2.24, 2.45) is 17.8 Å². The standard InChI is InChI=1S/C25H28ClN3O4/c1-14(2)15-7-9-16(10-8-15)24(30)29-22-21-18(32-3)5-4-6-19(21)33-23(22)25(31)28-20-12-11-17(26)13-27-20/h4-6,11-16H,7-10H2,1-3H3,(H,29,30)(H,27,28,31). The predicted octanol–water partition coefficient (Wildman–Crippen LogP) is 6.14. The molecule has 8 heteroatoms. The number of benzene rings is 1. The number of aromatic nitrogens is 1. The van der Waals surface area contributed by atoms with Crippen LogP contribution in [0.5, 0.6) is 5.75 Å². The third-order valence-corrected chi connectivity index (χ3v) is 6.63. The summed E-state index contributed by atoms with van der Waals surface area (Å²) in [4.78, 5) is 30.4. The maximum atomic E-state index is 13.2. The summed E-state index contributed by atoms with van der Waals surface area (Å²) >= 11 is 5.88. The fourth-order valence-electron chi connectivity index (χ4n) is 4.46. The van der Waals surface area contributed by atoms with Gasteiger partial charge in [-0.05, 0) is 61.8 Å². The van der Waals surface area contributed by atoms with Crippen LogP contribution >= 0.6 is 11.6 Å². The minimum atomic E-state index is -0.526. The van der Waals surface area contributed by atoms with E-state index in [1.165, 1.54) is 13.3 Å². The predicted molar refractivity (Wildman–Crippen MR) is 129 cm³/mol. The second-order valence-electron chi connectivity index (χ2n) is 8.80. The van der Waals surface area contributed by atoms with E-state index in [-0.39, 0.29) is 17.6 Å². The molecule has 2 amide bonds. The number of carbonyl (C=O) groups is 2. The number of ether oxygens (including phenoxy) is 1. The number of furan rings is 1. The molecule has 0 radical (unpaired) electrons. The largest absolute Gasteiger partial charge is 0.496 e. The molecule has 4 rings (SSSR count). The van der Waals surface area contributed by atoms with Gasteiger partial charge in [0.15, 0.2) is 0 Å². The number of anilines is 2. The second-order valence-corrected chi connectivity index (χ2v) is 9.24. The molecule has 0 saturated heterocycles. The molecular weight excluding hydrogens is 442 g/mol. The van der Waals surface area contributed by atoms with Crippen molar-refractivity contribution in [3.05, 3.63) is 47.3 Å². The van der Waals surface area contributed by atoms with Crippen LogP contribution in [-0.4, -0.2) is 23.9 Å². The summed E-state index contributed by atoms with van der Waals surface area (Å²) in [6.45, 7) is 4.46. The third-order valence-electron chi connectivity index (χ3n) is 6.41. The average Bonchev–Trinajstić information content (AvgIpc) is 3.19. The molecule has 33 heavy (non-hydrogen) atoms. The zero-order chi connectivity index (χ0) is 23.5. The van der Waals surface area contributed by atoms with Crippen molar-refractivity contribution in [2.75, 3.05) is 17.7 Å². The molecule has 3 aromatic rings. The Bertz CT molecular complexity index is 1150. The minimum absolute atomic E-state index is 0.00420. The van der Waals surface area contributed by atoms with Crippen LogP contribution in [0.3, 0.4) is 0 Å². The van der Waals surface area contributed by atoms with E-state index in [1.54, 1.807) is 30.3 Å². The van der Waals surface area contributed by atoms with Crippen molar-refractivity contribution >= 4 is 45.9 Å². The Hall–Kier alpha value is -3.06.